The normalized spacial score (nSPS) is 15.3. The number of nitrogens with zero attached hydrogens (tertiary/aromatic N) is 4. The third-order valence-electron chi connectivity index (χ3n) is 5.21. The first-order valence-electron chi connectivity index (χ1n) is 10.2. The second kappa shape index (κ2) is 10.1. The first kappa shape index (κ1) is 21.6. The number of nitrogen functional groups attached to an aromatic ring is 1. The molecule has 3 aromatic rings. The second-order valence-corrected chi connectivity index (χ2v) is 8.24. The minimum Gasteiger partial charge on any atom is -0.493 e. The van der Waals surface area contributed by atoms with Gasteiger partial charge in [0.2, 0.25) is 0 Å². The van der Waals surface area contributed by atoms with Crippen LogP contribution < -0.4 is 15.2 Å². The number of piperazine rings is 1. The Morgan fingerprint density at radius 1 is 1.03 bits per heavy atom. The number of anilines is 1. The van der Waals surface area contributed by atoms with Crippen molar-refractivity contribution in [1.82, 2.24) is 19.9 Å². The number of rotatable bonds is 8. The lowest BCUT2D eigenvalue weighted by Gasteiger charge is -2.32. The summed E-state index contributed by atoms with van der Waals surface area (Å²) in [6, 6.07) is 11.6. The van der Waals surface area contributed by atoms with E-state index in [1.54, 1.807) is 32.3 Å². The summed E-state index contributed by atoms with van der Waals surface area (Å²) in [7, 11) is 3.36. The minimum atomic E-state index is 0.570. The Bertz CT molecular complexity index is 1030. The summed E-state index contributed by atoms with van der Waals surface area (Å²) in [5.74, 6) is 1.35. The average molecular weight is 442 g/mol. The molecule has 0 radical (unpaired) electrons. The third-order valence-corrected chi connectivity index (χ3v) is 6.22. The Balaban J connectivity index is 1.50. The standard InChI is InChI=1S/C22H27N5O3S/c1-28-20-14-19-18(22(25-15-24-19)31-17-5-3-4-16(23)12-17)13-21(20)30-11-10-26-6-8-27(29-2)9-7-26/h3-5,12-15H,6-11,23H2,1-2H3. The van der Waals surface area contributed by atoms with Gasteiger partial charge in [-0.2, -0.15) is 5.06 Å². The quantitative estimate of drug-likeness (QED) is 0.419. The molecule has 8 nitrogen and oxygen atoms in total. The predicted octanol–water partition coefficient (Wildman–Crippen LogP) is 2.93. The lowest BCUT2D eigenvalue weighted by atomic mass is 10.2. The van der Waals surface area contributed by atoms with Gasteiger partial charge in [0, 0.05) is 54.8 Å². The Morgan fingerprint density at radius 3 is 2.61 bits per heavy atom. The molecule has 0 bridgehead atoms. The number of fused-ring (bicyclic) bond motifs is 1. The number of hydrogen-bond acceptors (Lipinski definition) is 9. The molecule has 0 aliphatic carbocycles. The van der Waals surface area contributed by atoms with E-state index < -0.39 is 0 Å². The van der Waals surface area contributed by atoms with Gasteiger partial charge in [0.25, 0.3) is 0 Å². The molecule has 164 valence electrons. The van der Waals surface area contributed by atoms with Gasteiger partial charge >= 0.3 is 0 Å². The molecule has 1 aliphatic rings. The number of methoxy groups -OCH3 is 1. The van der Waals surface area contributed by atoms with Crippen molar-refractivity contribution in [1.29, 1.82) is 0 Å². The van der Waals surface area contributed by atoms with E-state index in [1.165, 1.54) is 0 Å². The molecule has 9 heteroatoms. The highest BCUT2D eigenvalue weighted by atomic mass is 32.2. The van der Waals surface area contributed by atoms with Crippen molar-refractivity contribution in [2.75, 3.05) is 59.3 Å². The zero-order valence-electron chi connectivity index (χ0n) is 17.8. The lowest BCUT2D eigenvalue weighted by Crippen LogP contribution is -2.46. The summed E-state index contributed by atoms with van der Waals surface area (Å²) in [6.45, 7) is 5.13. The highest BCUT2D eigenvalue weighted by molar-refractivity contribution is 7.99. The summed E-state index contributed by atoms with van der Waals surface area (Å²) in [5, 5.41) is 3.74. The van der Waals surface area contributed by atoms with Crippen LogP contribution in [0, 0.1) is 0 Å². The van der Waals surface area contributed by atoms with Crippen molar-refractivity contribution in [3.63, 3.8) is 0 Å². The fraction of sp³-hybridized carbons (Fsp3) is 0.364. The number of nitrogens with two attached hydrogens (primary N) is 1. The molecule has 0 unspecified atom stereocenters. The summed E-state index contributed by atoms with van der Waals surface area (Å²) >= 11 is 1.55. The van der Waals surface area contributed by atoms with Crippen LogP contribution in [0.3, 0.4) is 0 Å². The molecule has 1 saturated heterocycles. The minimum absolute atomic E-state index is 0.570. The average Bonchev–Trinajstić information content (AvgIpc) is 2.79. The van der Waals surface area contributed by atoms with Crippen molar-refractivity contribution in [2.45, 2.75) is 9.92 Å². The molecule has 4 rings (SSSR count). The number of hydrogen-bond donors (Lipinski definition) is 1. The maximum atomic E-state index is 6.12. The number of ether oxygens (including phenoxy) is 2. The van der Waals surface area contributed by atoms with Crippen LogP contribution in [0.25, 0.3) is 10.9 Å². The molecule has 1 aliphatic heterocycles. The van der Waals surface area contributed by atoms with E-state index in [0.29, 0.717) is 18.1 Å². The molecule has 0 amide bonds. The van der Waals surface area contributed by atoms with Crippen molar-refractivity contribution in [3.05, 3.63) is 42.7 Å². The van der Waals surface area contributed by atoms with Gasteiger partial charge in [0.1, 0.15) is 18.0 Å². The van der Waals surface area contributed by atoms with Gasteiger partial charge in [-0.3, -0.25) is 4.90 Å². The van der Waals surface area contributed by atoms with Gasteiger partial charge in [-0.05, 0) is 24.3 Å². The molecule has 0 saturated carbocycles. The van der Waals surface area contributed by atoms with Crippen LogP contribution in [0.15, 0.2) is 52.6 Å². The van der Waals surface area contributed by atoms with E-state index in [0.717, 1.165) is 59.2 Å². The Kier molecular flexibility index (Phi) is 7.08. The molecule has 2 N–H and O–H groups in total. The van der Waals surface area contributed by atoms with Gasteiger partial charge < -0.3 is 20.0 Å². The monoisotopic (exact) mass is 441 g/mol. The highest BCUT2D eigenvalue weighted by Crippen LogP contribution is 2.37. The number of benzene rings is 2. The Hall–Kier alpha value is -2.59. The van der Waals surface area contributed by atoms with Crippen molar-refractivity contribution < 1.29 is 14.3 Å². The van der Waals surface area contributed by atoms with E-state index in [9.17, 15) is 0 Å². The first-order chi connectivity index (χ1) is 15.2. The molecule has 2 aromatic carbocycles. The van der Waals surface area contributed by atoms with E-state index >= 15 is 0 Å². The lowest BCUT2D eigenvalue weighted by molar-refractivity contribution is -0.152. The molecule has 1 aromatic heterocycles. The van der Waals surface area contributed by atoms with Crippen LogP contribution in [0.5, 0.6) is 11.5 Å². The first-order valence-corrected chi connectivity index (χ1v) is 11.0. The topological polar surface area (TPSA) is 86.0 Å². The van der Waals surface area contributed by atoms with Crippen LogP contribution in [-0.4, -0.2) is 73.5 Å². The van der Waals surface area contributed by atoms with Gasteiger partial charge in [-0.1, -0.05) is 17.8 Å². The summed E-state index contributed by atoms with van der Waals surface area (Å²) in [5.41, 5.74) is 7.45. The number of hydroxylamine groups is 2. The van der Waals surface area contributed by atoms with Gasteiger partial charge in [0.05, 0.1) is 19.7 Å². The number of aromatic nitrogens is 2. The third kappa shape index (κ3) is 5.37. The van der Waals surface area contributed by atoms with Gasteiger partial charge in [-0.25, -0.2) is 9.97 Å². The SMILES string of the molecule is COc1cc2ncnc(Sc3cccc(N)c3)c2cc1OCCN1CCN(OC)CC1. The van der Waals surface area contributed by atoms with Crippen LogP contribution >= 0.6 is 11.8 Å². The fourth-order valence-corrected chi connectivity index (χ4v) is 4.44. The zero-order chi connectivity index (χ0) is 21.6. The summed E-state index contributed by atoms with van der Waals surface area (Å²) in [4.78, 5) is 17.6. The van der Waals surface area contributed by atoms with Crippen molar-refractivity contribution in [3.8, 4) is 11.5 Å². The predicted molar refractivity (Wildman–Crippen MR) is 122 cm³/mol. The van der Waals surface area contributed by atoms with E-state index in [-0.39, 0.29) is 0 Å². The molecule has 2 heterocycles. The van der Waals surface area contributed by atoms with E-state index in [1.807, 2.05) is 41.5 Å². The van der Waals surface area contributed by atoms with Crippen LogP contribution in [-0.2, 0) is 4.84 Å². The molecule has 0 atom stereocenters. The maximum absolute atomic E-state index is 6.12. The Labute approximate surface area is 186 Å². The van der Waals surface area contributed by atoms with Crippen molar-refractivity contribution >= 4 is 28.4 Å². The van der Waals surface area contributed by atoms with E-state index in [2.05, 4.69) is 14.9 Å². The highest BCUT2D eigenvalue weighted by Gasteiger charge is 2.17. The molecular formula is C22H27N5O3S. The Morgan fingerprint density at radius 2 is 1.87 bits per heavy atom. The van der Waals surface area contributed by atoms with Crippen molar-refractivity contribution in [2.24, 2.45) is 0 Å². The second-order valence-electron chi connectivity index (χ2n) is 7.18. The maximum Gasteiger partial charge on any atom is 0.162 e. The van der Waals surface area contributed by atoms with Crippen LogP contribution in [0.1, 0.15) is 0 Å². The van der Waals surface area contributed by atoms with Crippen LogP contribution in [0.4, 0.5) is 5.69 Å². The summed E-state index contributed by atoms with van der Waals surface area (Å²) < 4.78 is 11.7. The zero-order valence-corrected chi connectivity index (χ0v) is 18.6. The fourth-order valence-electron chi connectivity index (χ4n) is 3.50. The molecule has 1 fully saturated rings. The van der Waals surface area contributed by atoms with E-state index in [4.69, 9.17) is 20.0 Å². The van der Waals surface area contributed by atoms with Crippen LogP contribution in [0.2, 0.25) is 0 Å². The smallest absolute Gasteiger partial charge is 0.162 e. The molecule has 31 heavy (non-hydrogen) atoms. The van der Waals surface area contributed by atoms with Gasteiger partial charge in [0.15, 0.2) is 11.5 Å². The van der Waals surface area contributed by atoms with Gasteiger partial charge in [-0.15, -0.1) is 0 Å². The molecular weight excluding hydrogens is 414 g/mol. The largest absolute Gasteiger partial charge is 0.493 e. The summed E-state index contributed by atoms with van der Waals surface area (Å²) in [6.07, 6.45) is 1.57. The molecule has 0 spiro atoms.